The molecule has 2 fully saturated rings. The molecule has 3 rings (SSSR count). The van der Waals surface area contributed by atoms with Crippen molar-refractivity contribution in [3.05, 3.63) is 30.3 Å². The molecule has 2 aliphatic rings. The average molecular weight is 401 g/mol. The normalized spacial score (nSPS) is 18.2. The van der Waals surface area contributed by atoms with Gasteiger partial charge in [0.05, 0.1) is 6.54 Å². The minimum Gasteiger partial charge on any atom is -0.368 e. The maximum absolute atomic E-state index is 12.4. The van der Waals surface area contributed by atoms with Crippen LogP contribution in [0.5, 0.6) is 0 Å². The molecule has 2 saturated heterocycles. The molecular weight excluding hydrogens is 368 g/mol. The second kappa shape index (κ2) is 10.8. The van der Waals surface area contributed by atoms with Crippen molar-refractivity contribution in [1.82, 2.24) is 15.1 Å². The predicted molar refractivity (Wildman–Crippen MR) is 113 cm³/mol. The van der Waals surface area contributed by atoms with Gasteiger partial charge in [-0.3, -0.25) is 14.4 Å². The minimum atomic E-state index is -0.180. The predicted octanol–water partition coefficient (Wildman–Crippen LogP) is 1.63. The lowest BCUT2D eigenvalue weighted by Gasteiger charge is -2.36. The fraction of sp³-hybridized carbons (Fsp3) is 0.591. The van der Waals surface area contributed by atoms with E-state index in [1.165, 1.54) is 5.69 Å². The summed E-state index contributed by atoms with van der Waals surface area (Å²) >= 11 is 0. The lowest BCUT2D eigenvalue weighted by atomic mass is 10.1. The van der Waals surface area contributed by atoms with E-state index < -0.39 is 0 Å². The lowest BCUT2D eigenvalue weighted by Crippen LogP contribution is -2.49. The third-order valence-electron chi connectivity index (χ3n) is 5.67. The summed E-state index contributed by atoms with van der Waals surface area (Å²) < 4.78 is 0. The number of amides is 3. The van der Waals surface area contributed by atoms with Crippen molar-refractivity contribution in [3.8, 4) is 0 Å². The summed E-state index contributed by atoms with van der Waals surface area (Å²) in [6.45, 7) is 4.10. The number of para-hydroxylation sites is 1. The average Bonchev–Trinajstić information content (AvgIpc) is 2.74. The molecule has 0 atom stereocenters. The second-order valence-electron chi connectivity index (χ2n) is 7.78. The van der Waals surface area contributed by atoms with Crippen LogP contribution in [0.1, 0.15) is 38.5 Å². The molecule has 1 aromatic rings. The van der Waals surface area contributed by atoms with Crippen molar-refractivity contribution in [2.24, 2.45) is 0 Å². The van der Waals surface area contributed by atoms with Crippen LogP contribution in [0.4, 0.5) is 5.69 Å². The molecule has 0 unspecified atom stereocenters. The molecule has 7 heteroatoms. The number of hydrogen-bond donors (Lipinski definition) is 1. The Morgan fingerprint density at radius 2 is 1.62 bits per heavy atom. The zero-order chi connectivity index (χ0) is 20.5. The van der Waals surface area contributed by atoms with E-state index in [0.717, 1.165) is 38.8 Å². The third-order valence-corrected chi connectivity index (χ3v) is 5.67. The monoisotopic (exact) mass is 400 g/mol. The number of carbonyl (C=O) groups excluding carboxylic acids is 3. The van der Waals surface area contributed by atoms with Gasteiger partial charge in [-0.15, -0.1) is 0 Å². The van der Waals surface area contributed by atoms with Gasteiger partial charge in [0.1, 0.15) is 0 Å². The van der Waals surface area contributed by atoms with Gasteiger partial charge in [0, 0.05) is 57.8 Å². The molecule has 158 valence electrons. The van der Waals surface area contributed by atoms with Gasteiger partial charge >= 0.3 is 0 Å². The zero-order valence-electron chi connectivity index (χ0n) is 17.1. The van der Waals surface area contributed by atoms with Gasteiger partial charge in [0.2, 0.25) is 17.7 Å². The molecule has 0 aliphatic carbocycles. The molecular formula is C22H32N4O3. The molecule has 1 N–H and O–H groups in total. The van der Waals surface area contributed by atoms with Gasteiger partial charge in [-0.25, -0.2) is 0 Å². The highest BCUT2D eigenvalue weighted by Gasteiger charge is 2.22. The Bertz CT molecular complexity index is 687. The maximum atomic E-state index is 12.4. The number of likely N-dealkylation sites (tertiary alicyclic amines) is 1. The molecule has 29 heavy (non-hydrogen) atoms. The molecule has 0 spiro atoms. The van der Waals surface area contributed by atoms with Crippen LogP contribution in [-0.2, 0) is 14.4 Å². The van der Waals surface area contributed by atoms with E-state index in [1.54, 1.807) is 4.90 Å². The van der Waals surface area contributed by atoms with Crippen LogP contribution in [-0.4, -0.2) is 73.3 Å². The van der Waals surface area contributed by atoms with E-state index >= 15 is 0 Å². The van der Waals surface area contributed by atoms with Crippen LogP contribution < -0.4 is 10.2 Å². The van der Waals surface area contributed by atoms with Crippen LogP contribution in [0.2, 0.25) is 0 Å². The summed E-state index contributed by atoms with van der Waals surface area (Å²) in [5.41, 5.74) is 1.19. The van der Waals surface area contributed by atoms with Crippen LogP contribution >= 0.6 is 0 Å². The van der Waals surface area contributed by atoms with Gasteiger partial charge in [0.25, 0.3) is 0 Å². The highest BCUT2D eigenvalue weighted by Crippen LogP contribution is 2.16. The largest absolute Gasteiger partial charge is 0.368 e. The highest BCUT2D eigenvalue weighted by molar-refractivity contribution is 5.85. The standard InChI is InChI=1S/C22H32N4O3/c27-20(18-26-13-7-2-1-6-10-21(26)28)23-12-11-22(29)25-16-14-24(15-17-25)19-8-4-3-5-9-19/h3-5,8-9H,1-2,6-7,10-18H2,(H,23,27). The first-order valence-corrected chi connectivity index (χ1v) is 10.8. The molecule has 7 nitrogen and oxygen atoms in total. The summed E-state index contributed by atoms with van der Waals surface area (Å²) in [6.07, 6.45) is 4.88. The zero-order valence-corrected chi connectivity index (χ0v) is 17.1. The van der Waals surface area contributed by atoms with E-state index in [9.17, 15) is 14.4 Å². The molecule has 0 radical (unpaired) electrons. The van der Waals surface area contributed by atoms with Crippen molar-refractivity contribution in [1.29, 1.82) is 0 Å². The fourth-order valence-electron chi connectivity index (χ4n) is 3.93. The molecule has 2 heterocycles. The quantitative estimate of drug-likeness (QED) is 0.788. The van der Waals surface area contributed by atoms with Crippen molar-refractivity contribution >= 4 is 23.4 Å². The Balaban J connectivity index is 1.34. The van der Waals surface area contributed by atoms with Gasteiger partial charge < -0.3 is 20.0 Å². The molecule has 0 bridgehead atoms. The van der Waals surface area contributed by atoms with Crippen molar-refractivity contribution < 1.29 is 14.4 Å². The van der Waals surface area contributed by atoms with E-state index in [4.69, 9.17) is 0 Å². The van der Waals surface area contributed by atoms with Crippen molar-refractivity contribution in [2.45, 2.75) is 38.5 Å². The van der Waals surface area contributed by atoms with Crippen molar-refractivity contribution in [3.63, 3.8) is 0 Å². The number of rotatable bonds is 6. The summed E-state index contributed by atoms with van der Waals surface area (Å²) in [5.74, 6) is -0.0480. The summed E-state index contributed by atoms with van der Waals surface area (Å²) in [4.78, 5) is 42.5. The van der Waals surface area contributed by atoms with E-state index in [-0.39, 0.29) is 24.3 Å². The first kappa shape index (κ1) is 21.1. The van der Waals surface area contributed by atoms with Crippen LogP contribution in [0.25, 0.3) is 0 Å². The summed E-state index contributed by atoms with van der Waals surface area (Å²) in [5, 5.41) is 2.80. The maximum Gasteiger partial charge on any atom is 0.239 e. The van der Waals surface area contributed by atoms with E-state index in [1.807, 2.05) is 23.1 Å². The Morgan fingerprint density at radius 3 is 2.38 bits per heavy atom. The Labute approximate surface area is 173 Å². The lowest BCUT2D eigenvalue weighted by molar-refractivity contribution is -0.137. The van der Waals surface area contributed by atoms with E-state index in [2.05, 4.69) is 22.3 Å². The van der Waals surface area contributed by atoms with Gasteiger partial charge in [0.15, 0.2) is 0 Å². The fourth-order valence-corrected chi connectivity index (χ4v) is 3.93. The first-order valence-electron chi connectivity index (χ1n) is 10.8. The number of benzene rings is 1. The first-order chi connectivity index (χ1) is 14.1. The van der Waals surface area contributed by atoms with Crippen LogP contribution in [0, 0.1) is 0 Å². The molecule has 0 aromatic heterocycles. The Morgan fingerprint density at radius 1 is 0.897 bits per heavy atom. The van der Waals surface area contributed by atoms with E-state index in [0.29, 0.717) is 39.0 Å². The number of carbonyl (C=O) groups is 3. The molecule has 2 aliphatic heterocycles. The van der Waals surface area contributed by atoms with Gasteiger partial charge in [-0.2, -0.15) is 0 Å². The molecule has 0 saturated carbocycles. The number of hydrogen-bond acceptors (Lipinski definition) is 4. The Hall–Kier alpha value is -2.57. The van der Waals surface area contributed by atoms with Gasteiger partial charge in [-0.05, 0) is 25.0 Å². The third kappa shape index (κ3) is 6.48. The summed E-state index contributed by atoms with van der Waals surface area (Å²) in [6, 6.07) is 10.2. The molecule has 3 amide bonds. The van der Waals surface area contributed by atoms with Gasteiger partial charge in [-0.1, -0.05) is 31.0 Å². The van der Waals surface area contributed by atoms with Crippen molar-refractivity contribution in [2.75, 3.05) is 50.7 Å². The highest BCUT2D eigenvalue weighted by atomic mass is 16.2. The molecule has 1 aromatic carbocycles. The smallest absolute Gasteiger partial charge is 0.239 e. The van der Waals surface area contributed by atoms with Crippen LogP contribution in [0.15, 0.2) is 30.3 Å². The van der Waals surface area contributed by atoms with Crippen LogP contribution in [0.3, 0.4) is 0 Å². The minimum absolute atomic E-state index is 0.0622. The second-order valence-corrected chi connectivity index (χ2v) is 7.78. The number of nitrogens with zero attached hydrogens (tertiary/aromatic N) is 3. The Kier molecular flexibility index (Phi) is 7.90. The number of anilines is 1. The summed E-state index contributed by atoms with van der Waals surface area (Å²) in [7, 11) is 0. The SMILES string of the molecule is O=C(CN1CCCCCCC1=O)NCCC(=O)N1CCN(c2ccccc2)CC1. The number of piperazine rings is 1. The topological polar surface area (TPSA) is 73.0 Å². The number of nitrogens with one attached hydrogen (secondary N) is 1.